The van der Waals surface area contributed by atoms with Gasteiger partial charge in [0.25, 0.3) is 10.0 Å². The molecule has 0 amide bonds. The molecule has 0 radical (unpaired) electrons. The van der Waals surface area contributed by atoms with E-state index in [0.29, 0.717) is 17.7 Å². The number of benzene rings is 2. The average Bonchev–Trinajstić information content (AvgIpc) is 3.28. The Morgan fingerprint density at radius 2 is 1.78 bits per heavy atom. The summed E-state index contributed by atoms with van der Waals surface area (Å²) < 4.78 is 34.6. The predicted octanol–water partition coefficient (Wildman–Crippen LogP) is 3.02. The summed E-state index contributed by atoms with van der Waals surface area (Å²) >= 11 is 0. The fourth-order valence-electron chi connectivity index (χ4n) is 3.44. The molecule has 4 rings (SSSR count). The summed E-state index contributed by atoms with van der Waals surface area (Å²) in [6.07, 6.45) is 2.37. The van der Waals surface area contributed by atoms with Gasteiger partial charge in [-0.25, -0.2) is 13.2 Å². The number of fused-ring (bicyclic) bond motifs is 1. The smallest absolute Gasteiger partial charge is 0.408 e. The number of hydrogen-bond acceptors (Lipinski definition) is 5. The van der Waals surface area contributed by atoms with Crippen LogP contribution >= 0.6 is 0 Å². The zero-order valence-corrected chi connectivity index (χ0v) is 15.8. The summed E-state index contributed by atoms with van der Waals surface area (Å²) in [4.78, 5) is 14.1. The number of hydrogen-bond donors (Lipinski definition) is 1. The van der Waals surface area contributed by atoms with Gasteiger partial charge in [-0.05, 0) is 56.2 Å². The molecule has 1 aliphatic rings. The number of nitrogens with zero attached hydrogens (tertiary/aromatic N) is 2. The lowest BCUT2D eigenvalue weighted by atomic mass is 10.2. The molecular weight excluding hydrogens is 366 g/mol. The summed E-state index contributed by atoms with van der Waals surface area (Å²) in [6.45, 7) is 4.36. The zero-order chi connectivity index (χ0) is 19.0. The molecule has 2 heterocycles. The van der Waals surface area contributed by atoms with Gasteiger partial charge in [0.05, 0.1) is 10.4 Å². The van der Waals surface area contributed by atoms with Crippen LogP contribution in [-0.2, 0) is 16.6 Å². The number of rotatable bonds is 5. The van der Waals surface area contributed by atoms with Crippen LogP contribution in [0.5, 0.6) is 0 Å². The van der Waals surface area contributed by atoms with Crippen LogP contribution in [0.2, 0.25) is 0 Å². The van der Waals surface area contributed by atoms with Gasteiger partial charge in [0.15, 0.2) is 5.58 Å². The maximum Gasteiger partial charge on any atom is 0.419 e. The molecule has 0 bridgehead atoms. The third-order valence-electron chi connectivity index (χ3n) is 4.86. The van der Waals surface area contributed by atoms with Crippen LogP contribution in [0.1, 0.15) is 19.8 Å². The van der Waals surface area contributed by atoms with Crippen molar-refractivity contribution >= 4 is 32.5 Å². The number of sulfonamides is 1. The Morgan fingerprint density at radius 3 is 2.44 bits per heavy atom. The fourth-order valence-corrected chi connectivity index (χ4v) is 4.52. The summed E-state index contributed by atoms with van der Waals surface area (Å²) in [7, 11) is -3.78. The van der Waals surface area contributed by atoms with E-state index in [1.54, 1.807) is 18.2 Å². The van der Waals surface area contributed by atoms with Gasteiger partial charge < -0.3 is 9.32 Å². The lowest BCUT2D eigenvalue weighted by Gasteiger charge is -2.18. The third-order valence-corrected chi connectivity index (χ3v) is 6.24. The molecule has 0 atom stereocenters. The first-order valence-electron chi connectivity index (χ1n) is 8.99. The second-order valence-electron chi connectivity index (χ2n) is 6.59. The van der Waals surface area contributed by atoms with Gasteiger partial charge in [0.1, 0.15) is 0 Å². The first-order valence-corrected chi connectivity index (χ1v) is 10.5. The lowest BCUT2D eigenvalue weighted by Crippen LogP contribution is -2.17. The van der Waals surface area contributed by atoms with Gasteiger partial charge in [0, 0.05) is 37.1 Å². The second-order valence-corrected chi connectivity index (χ2v) is 8.27. The van der Waals surface area contributed by atoms with Crippen LogP contribution in [0.3, 0.4) is 0 Å². The minimum absolute atomic E-state index is 0.0515. The topological polar surface area (TPSA) is 84.5 Å². The number of nitrogens with one attached hydrogen (secondary N) is 1. The van der Waals surface area contributed by atoms with Gasteiger partial charge in [-0.15, -0.1) is 0 Å². The number of anilines is 2. The van der Waals surface area contributed by atoms with Crippen LogP contribution in [0.15, 0.2) is 56.6 Å². The van der Waals surface area contributed by atoms with E-state index < -0.39 is 15.8 Å². The van der Waals surface area contributed by atoms with E-state index in [1.165, 1.54) is 29.5 Å². The van der Waals surface area contributed by atoms with Crippen molar-refractivity contribution in [3.8, 4) is 0 Å². The molecule has 0 spiro atoms. The molecule has 0 aliphatic carbocycles. The van der Waals surface area contributed by atoms with Crippen molar-refractivity contribution in [2.45, 2.75) is 31.2 Å². The Kier molecular flexibility index (Phi) is 4.43. The van der Waals surface area contributed by atoms with E-state index in [-0.39, 0.29) is 10.5 Å². The molecule has 1 aromatic heterocycles. The molecule has 1 aliphatic heterocycles. The van der Waals surface area contributed by atoms with Crippen LogP contribution in [0.4, 0.5) is 11.4 Å². The van der Waals surface area contributed by atoms with E-state index in [9.17, 15) is 13.2 Å². The molecule has 27 heavy (non-hydrogen) atoms. The average molecular weight is 387 g/mol. The summed E-state index contributed by atoms with van der Waals surface area (Å²) in [5, 5.41) is 0. The molecule has 1 saturated heterocycles. The molecule has 0 saturated carbocycles. The van der Waals surface area contributed by atoms with Gasteiger partial charge in [-0.3, -0.25) is 9.29 Å². The molecule has 2 aromatic carbocycles. The number of oxazole rings is 1. The van der Waals surface area contributed by atoms with Crippen LogP contribution in [0, 0.1) is 0 Å². The quantitative estimate of drug-likeness (QED) is 0.727. The van der Waals surface area contributed by atoms with Crippen LogP contribution < -0.4 is 15.4 Å². The normalized spacial score (nSPS) is 14.8. The molecule has 0 unspecified atom stereocenters. The Balaban J connectivity index is 1.59. The maximum absolute atomic E-state index is 12.7. The van der Waals surface area contributed by atoms with Crippen molar-refractivity contribution in [2.75, 3.05) is 22.7 Å². The third kappa shape index (κ3) is 3.32. The van der Waals surface area contributed by atoms with Gasteiger partial charge in [0.2, 0.25) is 0 Å². The highest BCUT2D eigenvalue weighted by atomic mass is 32.2. The molecule has 1 fully saturated rings. The van der Waals surface area contributed by atoms with Gasteiger partial charge >= 0.3 is 5.76 Å². The fraction of sp³-hybridized carbons (Fsp3) is 0.316. The van der Waals surface area contributed by atoms with Crippen molar-refractivity contribution in [3.05, 3.63) is 53.0 Å². The van der Waals surface area contributed by atoms with E-state index >= 15 is 0 Å². The van der Waals surface area contributed by atoms with Gasteiger partial charge in [-0.2, -0.15) is 0 Å². The molecule has 7 nitrogen and oxygen atoms in total. The summed E-state index contributed by atoms with van der Waals surface area (Å²) in [5.41, 5.74) is 2.43. The Hall–Kier alpha value is -2.74. The summed E-state index contributed by atoms with van der Waals surface area (Å²) in [6, 6.07) is 11.8. The first-order chi connectivity index (χ1) is 13.0. The Labute approximate surface area is 157 Å². The maximum atomic E-state index is 12.7. The predicted molar refractivity (Wildman–Crippen MR) is 105 cm³/mol. The highest BCUT2D eigenvalue weighted by molar-refractivity contribution is 7.92. The number of aromatic nitrogens is 1. The molecule has 142 valence electrons. The Bertz CT molecular complexity index is 1120. The summed E-state index contributed by atoms with van der Waals surface area (Å²) in [5.74, 6) is -0.493. The standard InChI is InChI=1S/C19H21N3O4S/c1-2-22-17-10-9-16(13-18(17)26-19(22)23)27(24,25)20-14-5-7-15(8-6-14)21-11-3-4-12-21/h5-10,13,20H,2-4,11-12H2,1H3. The molecule has 8 heteroatoms. The van der Waals surface area contributed by atoms with Crippen molar-refractivity contribution in [3.63, 3.8) is 0 Å². The van der Waals surface area contributed by atoms with E-state index in [0.717, 1.165) is 18.8 Å². The minimum atomic E-state index is -3.78. The SMILES string of the molecule is CCn1c(=O)oc2cc(S(=O)(=O)Nc3ccc(N4CCCC4)cc3)ccc21. The molecule has 1 N–H and O–H groups in total. The Morgan fingerprint density at radius 1 is 1.07 bits per heavy atom. The van der Waals surface area contributed by atoms with Crippen LogP contribution in [0.25, 0.3) is 11.1 Å². The monoisotopic (exact) mass is 387 g/mol. The minimum Gasteiger partial charge on any atom is -0.408 e. The highest BCUT2D eigenvalue weighted by Crippen LogP contribution is 2.24. The zero-order valence-electron chi connectivity index (χ0n) is 15.0. The molecule has 3 aromatic rings. The van der Waals surface area contributed by atoms with Crippen molar-refractivity contribution in [2.24, 2.45) is 0 Å². The van der Waals surface area contributed by atoms with E-state index in [4.69, 9.17) is 4.42 Å². The molecular formula is C19H21N3O4S. The second kappa shape index (κ2) is 6.77. The van der Waals surface area contributed by atoms with Crippen molar-refractivity contribution in [1.29, 1.82) is 0 Å². The lowest BCUT2D eigenvalue weighted by molar-refractivity contribution is 0.512. The van der Waals surface area contributed by atoms with Crippen molar-refractivity contribution in [1.82, 2.24) is 4.57 Å². The largest absolute Gasteiger partial charge is 0.419 e. The van der Waals surface area contributed by atoms with E-state index in [1.807, 2.05) is 19.1 Å². The van der Waals surface area contributed by atoms with E-state index in [2.05, 4.69) is 9.62 Å². The number of aryl methyl sites for hydroxylation is 1. The van der Waals surface area contributed by atoms with Gasteiger partial charge in [-0.1, -0.05) is 0 Å². The highest BCUT2D eigenvalue weighted by Gasteiger charge is 2.18. The van der Waals surface area contributed by atoms with Crippen LogP contribution in [-0.4, -0.2) is 26.1 Å². The first kappa shape index (κ1) is 17.7. The van der Waals surface area contributed by atoms with Crippen molar-refractivity contribution < 1.29 is 12.8 Å².